The SMILES string of the molecule is CCC(C)CNC(=O)c1cc([N+](=O)[O-])cc(C)c1F. The average Bonchev–Trinajstić information content (AvgIpc) is 2.38. The van der Waals surface area contributed by atoms with Crippen molar-refractivity contribution in [2.75, 3.05) is 6.54 Å². The molecule has 0 radical (unpaired) electrons. The zero-order chi connectivity index (χ0) is 14.6. The van der Waals surface area contributed by atoms with Gasteiger partial charge in [-0.2, -0.15) is 0 Å². The molecule has 0 fully saturated rings. The molecule has 6 heteroatoms. The van der Waals surface area contributed by atoms with Gasteiger partial charge in [-0.15, -0.1) is 0 Å². The predicted molar refractivity (Wildman–Crippen MR) is 69.6 cm³/mol. The van der Waals surface area contributed by atoms with E-state index >= 15 is 0 Å². The summed E-state index contributed by atoms with van der Waals surface area (Å²) in [5, 5.41) is 13.3. The van der Waals surface area contributed by atoms with E-state index < -0.39 is 16.6 Å². The third-order valence-electron chi connectivity index (χ3n) is 3.00. The van der Waals surface area contributed by atoms with Crippen LogP contribution in [-0.4, -0.2) is 17.4 Å². The summed E-state index contributed by atoms with van der Waals surface area (Å²) in [6.45, 7) is 5.74. The van der Waals surface area contributed by atoms with Crippen LogP contribution in [0.2, 0.25) is 0 Å². The molecule has 0 saturated carbocycles. The molecule has 0 aromatic heterocycles. The Balaban J connectivity index is 2.98. The quantitative estimate of drug-likeness (QED) is 0.659. The number of nitro groups is 1. The Labute approximate surface area is 111 Å². The van der Waals surface area contributed by atoms with E-state index in [1.807, 2.05) is 13.8 Å². The highest BCUT2D eigenvalue weighted by Crippen LogP contribution is 2.21. The molecule has 1 amide bonds. The van der Waals surface area contributed by atoms with Crippen LogP contribution in [0.25, 0.3) is 0 Å². The minimum Gasteiger partial charge on any atom is -0.352 e. The number of nitro benzene ring substituents is 1. The molecule has 1 rings (SSSR count). The van der Waals surface area contributed by atoms with E-state index in [1.165, 1.54) is 6.92 Å². The van der Waals surface area contributed by atoms with Gasteiger partial charge in [-0.3, -0.25) is 14.9 Å². The maximum atomic E-state index is 13.8. The number of amides is 1. The number of halogens is 1. The van der Waals surface area contributed by atoms with E-state index in [2.05, 4.69) is 5.32 Å². The lowest BCUT2D eigenvalue weighted by molar-refractivity contribution is -0.385. The average molecular weight is 268 g/mol. The highest BCUT2D eigenvalue weighted by atomic mass is 19.1. The lowest BCUT2D eigenvalue weighted by Gasteiger charge is -2.11. The van der Waals surface area contributed by atoms with Crippen LogP contribution >= 0.6 is 0 Å². The van der Waals surface area contributed by atoms with E-state index in [-0.39, 0.29) is 22.7 Å². The molecule has 0 aliphatic carbocycles. The van der Waals surface area contributed by atoms with Gasteiger partial charge in [0.1, 0.15) is 5.82 Å². The number of carbonyl (C=O) groups excluding carboxylic acids is 1. The number of carbonyl (C=O) groups is 1. The molecule has 1 aromatic rings. The minimum atomic E-state index is -0.716. The summed E-state index contributed by atoms with van der Waals surface area (Å²) in [6, 6.07) is 2.08. The summed E-state index contributed by atoms with van der Waals surface area (Å²) in [5.74, 6) is -1.07. The van der Waals surface area contributed by atoms with Gasteiger partial charge in [-0.1, -0.05) is 20.3 Å². The Morgan fingerprint density at radius 2 is 2.16 bits per heavy atom. The van der Waals surface area contributed by atoms with Crippen molar-refractivity contribution in [3.05, 3.63) is 39.2 Å². The van der Waals surface area contributed by atoms with Gasteiger partial charge < -0.3 is 5.32 Å². The normalized spacial score (nSPS) is 12.0. The molecule has 104 valence electrons. The smallest absolute Gasteiger partial charge is 0.270 e. The Morgan fingerprint density at radius 1 is 1.53 bits per heavy atom. The molecule has 19 heavy (non-hydrogen) atoms. The second-order valence-electron chi connectivity index (χ2n) is 4.60. The molecule has 0 aliphatic heterocycles. The number of non-ortho nitro benzene ring substituents is 1. The molecule has 0 aliphatic rings. The molecule has 1 aromatic carbocycles. The second-order valence-corrected chi connectivity index (χ2v) is 4.60. The van der Waals surface area contributed by atoms with Gasteiger partial charge in [0.05, 0.1) is 10.5 Å². The zero-order valence-corrected chi connectivity index (χ0v) is 11.2. The van der Waals surface area contributed by atoms with Gasteiger partial charge in [-0.25, -0.2) is 4.39 Å². The predicted octanol–water partition coefficient (Wildman–Crippen LogP) is 2.82. The molecule has 1 unspecified atom stereocenters. The summed E-state index contributed by atoms with van der Waals surface area (Å²) in [4.78, 5) is 21.9. The van der Waals surface area contributed by atoms with Crippen LogP contribution in [0.15, 0.2) is 12.1 Å². The van der Waals surface area contributed by atoms with E-state index in [4.69, 9.17) is 0 Å². The van der Waals surface area contributed by atoms with Crippen molar-refractivity contribution in [3.63, 3.8) is 0 Å². The maximum Gasteiger partial charge on any atom is 0.270 e. The first-order valence-electron chi connectivity index (χ1n) is 6.09. The van der Waals surface area contributed by atoms with Crippen molar-refractivity contribution in [2.24, 2.45) is 5.92 Å². The van der Waals surface area contributed by atoms with Crippen molar-refractivity contribution in [2.45, 2.75) is 27.2 Å². The summed E-state index contributed by atoms with van der Waals surface area (Å²) in [6.07, 6.45) is 0.886. The molecular weight excluding hydrogens is 251 g/mol. The number of hydrogen-bond donors (Lipinski definition) is 1. The summed E-state index contributed by atoms with van der Waals surface area (Å²) in [7, 11) is 0. The maximum absolute atomic E-state index is 13.8. The number of nitrogens with zero attached hydrogens (tertiary/aromatic N) is 1. The fourth-order valence-electron chi connectivity index (χ4n) is 1.53. The van der Waals surface area contributed by atoms with Gasteiger partial charge in [-0.05, 0) is 18.4 Å². The molecule has 1 N–H and O–H groups in total. The summed E-state index contributed by atoms with van der Waals surface area (Å²) < 4.78 is 13.8. The van der Waals surface area contributed by atoms with Crippen LogP contribution in [0.5, 0.6) is 0 Å². The van der Waals surface area contributed by atoms with E-state index in [0.29, 0.717) is 6.54 Å². The van der Waals surface area contributed by atoms with E-state index in [9.17, 15) is 19.3 Å². The van der Waals surface area contributed by atoms with Crippen molar-refractivity contribution >= 4 is 11.6 Å². The Bertz CT molecular complexity index is 503. The largest absolute Gasteiger partial charge is 0.352 e. The molecule has 0 spiro atoms. The van der Waals surface area contributed by atoms with Crippen LogP contribution in [0, 0.1) is 28.8 Å². The molecule has 5 nitrogen and oxygen atoms in total. The van der Waals surface area contributed by atoms with Gasteiger partial charge in [0.15, 0.2) is 0 Å². The summed E-state index contributed by atoms with van der Waals surface area (Å²) in [5.41, 5.74) is -0.481. The minimum absolute atomic E-state index is 0.0860. The molecule has 0 heterocycles. The second kappa shape index (κ2) is 6.26. The lowest BCUT2D eigenvalue weighted by atomic mass is 10.1. The van der Waals surface area contributed by atoms with Crippen LogP contribution in [0.3, 0.4) is 0 Å². The third kappa shape index (κ3) is 3.74. The number of aryl methyl sites for hydroxylation is 1. The Hall–Kier alpha value is -1.98. The van der Waals surface area contributed by atoms with Crippen LogP contribution in [0.4, 0.5) is 10.1 Å². The number of rotatable bonds is 5. The lowest BCUT2D eigenvalue weighted by Crippen LogP contribution is -2.29. The van der Waals surface area contributed by atoms with E-state index in [0.717, 1.165) is 18.6 Å². The van der Waals surface area contributed by atoms with Crippen molar-refractivity contribution in [3.8, 4) is 0 Å². The highest BCUT2D eigenvalue weighted by Gasteiger charge is 2.19. The molecule has 0 saturated heterocycles. The van der Waals surface area contributed by atoms with Crippen molar-refractivity contribution < 1.29 is 14.1 Å². The Kier molecular flexibility index (Phi) is 4.97. The highest BCUT2D eigenvalue weighted by molar-refractivity contribution is 5.95. The fourth-order valence-corrected chi connectivity index (χ4v) is 1.53. The number of hydrogen-bond acceptors (Lipinski definition) is 3. The Morgan fingerprint density at radius 3 is 2.68 bits per heavy atom. The monoisotopic (exact) mass is 268 g/mol. The van der Waals surface area contributed by atoms with Crippen LogP contribution in [0.1, 0.15) is 36.2 Å². The van der Waals surface area contributed by atoms with Gasteiger partial charge >= 0.3 is 0 Å². The van der Waals surface area contributed by atoms with Crippen molar-refractivity contribution in [1.82, 2.24) is 5.32 Å². The zero-order valence-electron chi connectivity index (χ0n) is 11.2. The first-order chi connectivity index (χ1) is 8.86. The molecule has 1 atom stereocenters. The first-order valence-corrected chi connectivity index (χ1v) is 6.09. The first kappa shape index (κ1) is 15.1. The van der Waals surface area contributed by atoms with Crippen molar-refractivity contribution in [1.29, 1.82) is 0 Å². The fraction of sp³-hybridized carbons (Fsp3) is 0.462. The number of benzene rings is 1. The molecule has 0 bridgehead atoms. The topological polar surface area (TPSA) is 72.2 Å². The third-order valence-corrected chi connectivity index (χ3v) is 3.00. The van der Waals surface area contributed by atoms with E-state index in [1.54, 1.807) is 0 Å². The van der Waals surface area contributed by atoms with Crippen LogP contribution < -0.4 is 5.32 Å². The summed E-state index contributed by atoms with van der Waals surface area (Å²) >= 11 is 0. The van der Waals surface area contributed by atoms with Gasteiger partial charge in [0.2, 0.25) is 0 Å². The standard InChI is InChI=1S/C13H17FN2O3/c1-4-8(2)7-15-13(17)11-6-10(16(18)19)5-9(3)12(11)14/h5-6,8H,4,7H2,1-3H3,(H,15,17). The van der Waals surface area contributed by atoms with Gasteiger partial charge in [0.25, 0.3) is 11.6 Å². The molecular formula is C13H17FN2O3. The number of nitrogens with one attached hydrogen (secondary N) is 1. The van der Waals surface area contributed by atoms with Gasteiger partial charge in [0, 0.05) is 18.7 Å². The van der Waals surface area contributed by atoms with Crippen LogP contribution in [-0.2, 0) is 0 Å².